The van der Waals surface area contributed by atoms with Crippen LogP contribution in [0.2, 0.25) is 15.1 Å². The van der Waals surface area contributed by atoms with Crippen LogP contribution >= 0.6 is 34.8 Å². The molecule has 0 saturated carbocycles. The first-order chi connectivity index (χ1) is 9.08. The maximum absolute atomic E-state index is 6.22. The quantitative estimate of drug-likeness (QED) is 0.715. The van der Waals surface area contributed by atoms with E-state index in [0.717, 1.165) is 16.7 Å². The molecule has 3 aromatic rings. The molecule has 0 atom stereocenters. The molecule has 1 heterocycles. The number of imidazole rings is 1. The van der Waals surface area contributed by atoms with Gasteiger partial charge in [0, 0.05) is 0 Å². The maximum Gasteiger partial charge on any atom is 0.205 e. The van der Waals surface area contributed by atoms with Gasteiger partial charge in [-0.2, -0.15) is 0 Å². The minimum Gasteiger partial charge on any atom is -0.369 e. The topological polar surface area (TPSA) is 43.8 Å². The summed E-state index contributed by atoms with van der Waals surface area (Å²) in [6.45, 7) is 0. The Labute approximate surface area is 124 Å². The van der Waals surface area contributed by atoms with Crippen LogP contribution in [-0.2, 0) is 0 Å². The highest BCUT2D eigenvalue weighted by Gasteiger charge is 2.13. The molecule has 0 spiro atoms. The molecule has 0 aliphatic rings. The van der Waals surface area contributed by atoms with Gasteiger partial charge in [0.25, 0.3) is 0 Å². The molecule has 0 aliphatic carbocycles. The van der Waals surface area contributed by atoms with E-state index in [2.05, 4.69) is 4.98 Å². The van der Waals surface area contributed by atoms with Crippen LogP contribution in [0.3, 0.4) is 0 Å². The molecule has 0 saturated heterocycles. The first kappa shape index (κ1) is 12.6. The first-order valence-corrected chi connectivity index (χ1v) is 6.59. The second kappa shape index (κ2) is 4.60. The number of benzene rings is 2. The maximum atomic E-state index is 6.22. The van der Waals surface area contributed by atoms with E-state index in [0.29, 0.717) is 21.0 Å². The molecule has 2 N–H and O–H groups in total. The van der Waals surface area contributed by atoms with E-state index < -0.39 is 0 Å². The molecule has 0 bridgehead atoms. The molecule has 19 heavy (non-hydrogen) atoms. The fraction of sp³-hybridized carbons (Fsp3) is 0. The molecule has 2 aromatic carbocycles. The summed E-state index contributed by atoms with van der Waals surface area (Å²) in [5, 5.41) is 1.51. The number of rotatable bonds is 1. The monoisotopic (exact) mass is 311 g/mol. The van der Waals surface area contributed by atoms with Gasteiger partial charge in [-0.15, -0.1) is 0 Å². The Kier molecular flexibility index (Phi) is 3.05. The summed E-state index contributed by atoms with van der Waals surface area (Å²) in [6, 6.07) is 10.7. The average molecular weight is 313 g/mol. The Hall–Kier alpha value is -1.42. The number of nitrogens with two attached hydrogens (primary N) is 1. The van der Waals surface area contributed by atoms with Crippen molar-refractivity contribution >= 4 is 51.8 Å². The zero-order valence-electron chi connectivity index (χ0n) is 9.57. The molecule has 3 nitrogen and oxygen atoms in total. The minimum atomic E-state index is 0.349. The lowest BCUT2D eigenvalue weighted by Gasteiger charge is -2.08. The van der Waals surface area contributed by atoms with Crippen LogP contribution in [0.25, 0.3) is 16.7 Å². The Morgan fingerprint density at radius 1 is 0.947 bits per heavy atom. The van der Waals surface area contributed by atoms with E-state index in [9.17, 15) is 0 Å². The van der Waals surface area contributed by atoms with Crippen LogP contribution in [0, 0.1) is 0 Å². The zero-order valence-corrected chi connectivity index (χ0v) is 11.8. The van der Waals surface area contributed by atoms with Crippen molar-refractivity contribution in [1.82, 2.24) is 9.55 Å². The predicted octanol–water partition coefficient (Wildman–Crippen LogP) is 4.57. The molecule has 96 valence electrons. The van der Waals surface area contributed by atoms with Gasteiger partial charge in [0.2, 0.25) is 5.95 Å². The van der Waals surface area contributed by atoms with Gasteiger partial charge in [-0.25, -0.2) is 4.98 Å². The molecular formula is C13H8Cl3N3. The summed E-state index contributed by atoms with van der Waals surface area (Å²) >= 11 is 18.2. The van der Waals surface area contributed by atoms with Gasteiger partial charge in [0.05, 0.1) is 31.8 Å². The summed E-state index contributed by atoms with van der Waals surface area (Å²) in [5.74, 6) is 0.349. The molecule has 0 unspecified atom stereocenters. The van der Waals surface area contributed by atoms with Crippen LogP contribution in [-0.4, -0.2) is 9.55 Å². The van der Waals surface area contributed by atoms with E-state index in [-0.39, 0.29) is 0 Å². The molecule has 0 amide bonds. The van der Waals surface area contributed by atoms with Gasteiger partial charge < -0.3 is 5.73 Å². The van der Waals surface area contributed by atoms with Gasteiger partial charge in [-0.3, -0.25) is 4.57 Å². The third kappa shape index (κ3) is 2.04. The summed E-state index contributed by atoms with van der Waals surface area (Å²) in [7, 11) is 0. The van der Waals surface area contributed by atoms with Crippen molar-refractivity contribution in [2.45, 2.75) is 0 Å². The molecule has 3 rings (SSSR count). The number of halogens is 3. The number of hydrogen-bond acceptors (Lipinski definition) is 2. The second-order valence-corrected chi connectivity index (χ2v) is 5.23. The number of anilines is 1. The van der Waals surface area contributed by atoms with Crippen molar-refractivity contribution in [2.75, 3.05) is 5.73 Å². The number of hydrogen-bond donors (Lipinski definition) is 1. The van der Waals surface area contributed by atoms with Crippen molar-refractivity contribution in [2.24, 2.45) is 0 Å². The standard InChI is InChI=1S/C13H8Cl3N3/c14-8-5-4-7(6-10(8)16)19-12-9(15)2-1-3-11(12)18-13(19)17/h1-6H,(H2,17,18). The number of nitrogens with zero attached hydrogens (tertiary/aromatic N) is 2. The summed E-state index contributed by atoms with van der Waals surface area (Å²) in [6.07, 6.45) is 0. The fourth-order valence-corrected chi connectivity index (χ4v) is 2.54. The highest BCUT2D eigenvalue weighted by atomic mass is 35.5. The molecule has 0 aliphatic heterocycles. The molecular weight excluding hydrogens is 305 g/mol. The highest BCUT2D eigenvalue weighted by molar-refractivity contribution is 6.42. The Morgan fingerprint density at radius 2 is 1.74 bits per heavy atom. The van der Waals surface area contributed by atoms with Gasteiger partial charge in [-0.05, 0) is 30.3 Å². The molecule has 1 aromatic heterocycles. The highest BCUT2D eigenvalue weighted by Crippen LogP contribution is 2.31. The Balaban J connectivity index is 2.35. The summed E-state index contributed by atoms with van der Waals surface area (Å²) < 4.78 is 1.75. The molecule has 0 fully saturated rings. The van der Waals surface area contributed by atoms with Crippen molar-refractivity contribution in [1.29, 1.82) is 0 Å². The van der Waals surface area contributed by atoms with Gasteiger partial charge in [-0.1, -0.05) is 40.9 Å². The Bertz CT molecular complexity index is 780. The number of nitrogen functional groups attached to an aromatic ring is 1. The zero-order chi connectivity index (χ0) is 13.6. The van der Waals surface area contributed by atoms with E-state index in [1.54, 1.807) is 22.8 Å². The largest absolute Gasteiger partial charge is 0.369 e. The summed E-state index contributed by atoms with van der Waals surface area (Å²) in [5.41, 5.74) is 8.21. The lowest BCUT2D eigenvalue weighted by atomic mass is 10.3. The van der Waals surface area contributed by atoms with Gasteiger partial charge in [0.1, 0.15) is 0 Å². The normalized spacial score (nSPS) is 11.1. The smallest absolute Gasteiger partial charge is 0.205 e. The van der Waals surface area contributed by atoms with E-state index in [4.69, 9.17) is 40.5 Å². The lowest BCUT2D eigenvalue weighted by molar-refractivity contribution is 1.11. The van der Waals surface area contributed by atoms with E-state index in [1.807, 2.05) is 18.2 Å². The van der Waals surface area contributed by atoms with Crippen LogP contribution in [0.1, 0.15) is 0 Å². The predicted molar refractivity (Wildman–Crippen MR) is 80.5 cm³/mol. The molecule has 0 radical (unpaired) electrons. The van der Waals surface area contributed by atoms with Gasteiger partial charge >= 0.3 is 0 Å². The second-order valence-electron chi connectivity index (χ2n) is 4.01. The minimum absolute atomic E-state index is 0.349. The summed E-state index contributed by atoms with van der Waals surface area (Å²) in [4.78, 5) is 4.28. The van der Waals surface area contributed by atoms with E-state index in [1.165, 1.54) is 0 Å². The lowest BCUT2D eigenvalue weighted by Crippen LogP contribution is -2.00. The third-order valence-corrected chi connectivity index (χ3v) is 3.86. The third-order valence-electron chi connectivity index (χ3n) is 2.81. The van der Waals surface area contributed by atoms with Crippen LogP contribution < -0.4 is 5.73 Å². The fourth-order valence-electron chi connectivity index (χ4n) is 1.99. The number of fused-ring (bicyclic) bond motifs is 1. The average Bonchev–Trinajstić information content (AvgIpc) is 2.70. The van der Waals surface area contributed by atoms with Crippen molar-refractivity contribution < 1.29 is 0 Å². The van der Waals surface area contributed by atoms with Crippen LogP contribution in [0.15, 0.2) is 36.4 Å². The van der Waals surface area contributed by atoms with Crippen molar-refractivity contribution in [3.05, 3.63) is 51.5 Å². The van der Waals surface area contributed by atoms with Crippen LogP contribution in [0.5, 0.6) is 0 Å². The first-order valence-electron chi connectivity index (χ1n) is 5.46. The number of para-hydroxylation sites is 1. The SMILES string of the molecule is Nc1nc2cccc(Cl)c2n1-c1ccc(Cl)c(Cl)c1. The number of aromatic nitrogens is 2. The van der Waals surface area contributed by atoms with Gasteiger partial charge in [0.15, 0.2) is 0 Å². The van der Waals surface area contributed by atoms with Crippen molar-refractivity contribution in [3.8, 4) is 5.69 Å². The van der Waals surface area contributed by atoms with E-state index >= 15 is 0 Å². The van der Waals surface area contributed by atoms with Crippen LogP contribution in [0.4, 0.5) is 5.95 Å². The van der Waals surface area contributed by atoms with Crippen molar-refractivity contribution in [3.63, 3.8) is 0 Å². The molecule has 6 heteroatoms. The Morgan fingerprint density at radius 3 is 2.47 bits per heavy atom.